The number of carbonyl (C=O) groups excluding carboxylic acids is 2. The lowest BCUT2D eigenvalue weighted by Crippen LogP contribution is -2.57. The Morgan fingerprint density at radius 3 is 2.21 bits per heavy atom. The van der Waals surface area contributed by atoms with Crippen LogP contribution >= 0.6 is 0 Å². The number of benzene rings is 2. The molecule has 1 fully saturated rings. The summed E-state index contributed by atoms with van der Waals surface area (Å²) in [4.78, 5) is 38.9. The standard InChI is InChI=1S/C26H30N2O5/c1-16(2)23(24(29)28-14-8-7-13-22(28)25(30)31)27-26(32)33-15-21-19-11-5-3-9-17(19)18-10-4-6-12-20(18)21/h3-6,9-12,16,21-23H,7-8,13-15H2,1-2H3,(H,27,32)(H,30,31)/t22-,23+/m1/s1. The zero-order valence-electron chi connectivity index (χ0n) is 19.0. The number of piperidine rings is 1. The zero-order valence-corrected chi connectivity index (χ0v) is 19.0. The number of carboxylic acid groups (broad SMARTS) is 1. The molecule has 1 aliphatic carbocycles. The molecule has 174 valence electrons. The van der Waals surface area contributed by atoms with Gasteiger partial charge in [-0.1, -0.05) is 62.4 Å². The Hall–Kier alpha value is -3.35. The molecule has 1 aliphatic heterocycles. The first-order valence-corrected chi connectivity index (χ1v) is 11.5. The number of nitrogens with one attached hydrogen (secondary N) is 1. The molecule has 0 unspecified atom stereocenters. The molecule has 2 N–H and O–H groups in total. The van der Waals surface area contributed by atoms with Crippen LogP contribution in [0.1, 0.15) is 50.2 Å². The number of hydrogen-bond acceptors (Lipinski definition) is 4. The molecule has 2 aromatic carbocycles. The van der Waals surface area contributed by atoms with Crippen LogP contribution in [0.3, 0.4) is 0 Å². The van der Waals surface area contributed by atoms with Crippen molar-refractivity contribution in [2.24, 2.45) is 5.92 Å². The molecule has 4 rings (SSSR count). The quantitative estimate of drug-likeness (QED) is 0.693. The normalized spacial score (nSPS) is 18.4. The van der Waals surface area contributed by atoms with E-state index in [2.05, 4.69) is 17.4 Å². The second-order valence-electron chi connectivity index (χ2n) is 9.07. The van der Waals surface area contributed by atoms with E-state index in [9.17, 15) is 19.5 Å². The number of alkyl carbamates (subject to hydrolysis) is 1. The van der Waals surface area contributed by atoms with Gasteiger partial charge in [0.25, 0.3) is 0 Å². The van der Waals surface area contributed by atoms with Crippen LogP contribution in [-0.4, -0.2) is 53.2 Å². The third-order valence-electron chi connectivity index (χ3n) is 6.62. The van der Waals surface area contributed by atoms with E-state index in [-0.39, 0.29) is 24.3 Å². The lowest BCUT2D eigenvalue weighted by Gasteiger charge is -2.36. The van der Waals surface area contributed by atoms with E-state index < -0.39 is 24.1 Å². The average molecular weight is 451 g/mol. The first-order chi connectivity index (χ1) is 15.9. The summed E-state index contributed by atoms with van der Waals surface area (Å²) < 4.78 is 5.60. The molecule has 2 aliphatic rings. The summed E-state index contributed by atoms with van der Waals surface area (Å²) in [6.45, 7) is 4.18. The van der Waals surface area contributed by atoms with Gasteiger partial charge in [-0.25, -0.2) is 9.59 Å². The molecule has 0 aromatic heterocycles. The van der Waals surface area contributed by atoms with Crippen LogP contribution < -0.4 is 5.32 Å². The Kier molecular flexibility index (Phi) is 6.67. The van der Waals surface area contributed by atoms with Crippen LogP contribution in [0.5, 0.6) is 0 Å². The predicted octanol–water partition coefficient (Wildman–Crippen LogP) is 4.02. The Bertz CT molecular complexity index is 1000. The van der Waals surface area contributed by atoms with Gasteiger partial charge in [0.15, 0.2) is 0 Å². The predicted molar refractivity (Wildman–Crippen MR) is 124 cm³/mol. The highest BCUT2D eigenvalue weighted by molar-refractivity contribution is 5.89. The van der Waals surface area contributed by atoms with E-state index in [1.54, 1.807) is 0 Å². The molecular weight excluding hydrogens is 420 g/mol. The van der Waals surface area contributed by atoms with Gasteiger partial charge in [-0.2, -0.15) is 0 Å². The van der Waals surface area contributed by atoms with Gasteiger partial charge in [-0.3, -0.25) is 4.79 Å². The molecule has 2 amide bonds. The smallest absolute Gasteiger partial charge is 0.407 e. The van der Waals surface area contributed by atoms with Crippen LogP contribution in [0.15, 0.2) is 48.5 Å². The number of likely N-dealkylation sites (tertiary alicyclic amines) is 1. The minimum Gasteiger partial charge on any atom is -0.480 e. The highest BCUT2D eigenvalue weighted by Crippen LogP contribution is 2.44. The van der Waals surface area contributed by atoms with Crippen molar-refractivity contribution in [2.75, 3.05) is 13.2 Å². The van der Waals surface area contributed by atoms with Crippen LogP contribution in [0.25, 0.3) is 11.1 Å². The van der Waals surface area contributed by atoms with E-state index in [1.807, 2.05) is 50.2 Å². The number of aliphatic carboxylic acids is 1. The summed E-state index contributed by atoms with van der Waals surface area (Å²) in [5.41, 5.74) is 4.51. The van der Waals surface area contributed by atoms with Crippen molar-refractivity contribution in [1.82, 2.24) is 10.2 Å². The van der Waals surface area contributed by atoms with Crippen LogP contribution in [0.4, 0.5) is 4.79 Å². The van der Waals surface area contributed by atoms with Gasteiger partial charge < -0.3 is 20.1 Å². The van der Waals surface area contributed by atoms with Gasteiger partial charge in [0.2, 0.25) is 5.91 Å². The van der Waals surface area contributed by atoms with Crippen molar-refractivity contribution in [2.45, 2.75) is 51.1 Å². The van der Waals surface area contributed by atoms with Crippen molar-refractivity contribution in [3.05, 3.63) is 59.7 Å². The van der Waals surface area contributed by atoms with Gasteiger partial charge in [0.1, 0.15) is 18.7 Å². The Morgan fingerprint density at radius 1 is 1.03 bits per heavy atom. The number of nitrogens with zero attached hydrogens (tertiary/aromatic N) is 1. The fourth-order valence-corrected chi connectivity index (χ4v) is 4.91. The van der Waals surface area contributed by atoms with E-state index in [4.69, 9.17) is 4.74 Å². The fourth-order valence-electron chi connectivity index (χ4n) is 4.91. The van der Waals surface area contributed by atoms with Crippen LogP contribution in [-0.2, 0) is 14.3 Å². The van der Waals surface area contributed by atoms with E-state index in [1.165, 1.54) is 4.90 Å². The second kappa shape index (κ2) is 9.65. The second-order valence-corrected chi connectivity index (χ2v) is 9.07. The van der Waals surface area contributed by atoms with E-state index >= 15 is 0 Å². The van der Waals surface area contributed by atoms with Crippen molar-refractivity contribution >= 4 is 18.0 Å². The summed E-state index contributed by atoms with van der Waals surface area (Å²) in [6.07, 6.45) is 1.28. The Labute approximate surface area is 193 Å². The minimum atomic E-state index is -1.01. The van der Waals surface area contributed by atoms with Gasteiger partial charge >= 0.3 is 12.1 Å². The zero-order chi connectivity index (χ0) is 23.5. The maximum Gasteiger partial charge on any atom is 0.407 e. The summed E-state index contributed by atoms with van der Waals surface area (Å²) in [7, 11) is 0. The Balaban J connectivity index is 1.44. The molecule has 1 saturated heterocycles. The minimum absolute atomic E-state index is 0.0742. The van der Waals surface area contributed by atoms with E-state index in [0.29, 0.717) is 13.0 Å². The number of rotatable bonds is 6. The fraction of sp³-hybridized carbons (Fsp3) is 0.423. The number of ether oxygens (including phenoxy) is 1. The number of carbonyl (C=O) groups is 3. The molecule has 1 heterocycles. The third kappa shape index (κ3) is 4.58. The third-order valence-corrected chi connectivity index (χ3v) is 6.62. The van der Waals surface area contributed by atoms with Crippen molar-refractivity contribution < 1.29 is 24.2 Å². The molecule has 2 atom stereocenters. The van der Waals surface area contributed by atoms with Gasteiger partial charge in [-0.15, -0.1) is 0 Å². The Morgan fingerprint density at radius 2 is 1.64 bits per heavy atom. The van der Waals surface area contributed by atoms with Gasteiger partial charge in [0, 0.05) is 12.5 Å². The molecule has 0 spiro atoms. The maximum atomic E-state index is 13.2. The monoisotopic (exact) mass is 450 g/mol. The lowest BCUT2D eigenvalue weighted by molar-refractivity contribution is -0.153. The van der Waals surface area contributed by atoms with Crippen molar-refractivity contribution in [3.8, 4) is 11.1 Å². The summed E-state index contributed by atoms with van der Waals surface area (Å²) in [5, 5.41) is 12.2. The SMILES string of the molecule is CC(C)[C@H](NC(=O)OCC1c2ccccc2-c2ccccc21)C(=O)N1CCCC[C@@H]1C(=O)O. The molecule has 0 radical (unpaired) electrons. The number of carboxylic acids is 1. The molecule has 2 aromatic rings. The molecule has 0 saturated carbocycles. The molecule has 0 bridgehead atoms. The largest absolute Gasteiger partial charge is 0.480 e. The summed E-state index contributed by atoms with van der Waals surface area (Å²) >= 11 is 0. The molecule has 7 nitrogen and oxygen atoms in total. The summed E-state index contributed by atoms with van der Waals surface area (Å²) in [6, 6.07) is 14.5. The van der Waals surface area contributed by atoms with Gasteiger partial charge in [0.05, 0.1) is 0 Å². The highest BCUT2D eigenvalue weighted by atomic mass is 16.5. The first-order valence-electron chi connectivity index (χ1n) is 11.5. The first kappa shape index (κ1) is 22.8. The summed E-state index contributed by atoms with van der Waals surface area (Å²) in [5.74, 6) is -1.67. The average Bonchev–Trinajstić information content (AvgIpc) is 3.14. The molecule has 7 heteroatoms. The maximum absolute atomic E-state index is 13.2. The molecule has 33 heavy (non-hydrogen) atoms. The topological polar surface area (TPSA) is 95.9 Å². The number of amides is 2. The number of fused-ring (bicyclic) bond motifs is 3. The van der Waals surface area contributed by atoms with E-state index in [0.717, 1.165) is 35.1 Å². The van der Waals surface area contributed by atoms with Crippen molar-refractivity contribution in [3.63, 3.8) is 0 Å². The van der Waals surface area contributed by atoms with Crippen LogP contribution in [0, 0.1) is 5.92 Å². The lowest BCUT2D eigenvalue weighted by atomic mass is 9.97. The number of hydrogen-bond donors (Lipinski definition) is 2. The van der Waals surface area contributed by atoms with Crippen LogP contribution in [0.2, 0.25) is 0 Å². The van der Waals surface area contributed by atoms with Crippen molar-refractivity contribution in [1.29, 1.82) is 0 Å². The molecular formula is C26H30N2O5. The van der Waals surface area contributed by atoms with Gasteiger partial charge in [-0.05, 0) is 47.4 Å². The highest BCUT2D eigenvalue weighted by Gasteiger charge is 2.37.